The van der Waals surface area contributed by atoms with E-state index in [1.165, 1.54) is 6.92 Å². The van der Waals surface area contributed by atoms with Gasteiger partial charge in [-0.3, -0.25) is 4.90 Å². The first-order valence-corrected chi connectivity index (χ1v) is 8.84. The number of esters is 2. The van der Waals surface area contributed by atoms with Crippen LogP contribution in [0.3, 0.4) is 0 Å². The Bertz CT molecular complexity index is 556. The molecule has 3 aliphatic rings. The van der Waals surface area contributed by atoms with Gasteiger partial charge in [-0.1, -0.05) is 13.0 Å². The summed E-state index contributed by atoms with van der Waals surface area (Å²) in [5.74, 6) is -1.23. The van der Waals surface area contributed by atoms with Gasteiger partial charge in [-0.05, 0) is 45.6 Å². The number of hydrogen-bond donors (Lipinski definition) is 1. The Kier molecular flexibility index (Phi) is 4.71. The molecule has 0 aromatic rings. The van der Waals surface area contributed by atoms with Crippen LogP contribution in [0.5, 0.6) is 0 Å². The summed E-state index contributed by atoms with van der Waals surface area (Å²) in [4.78, 5) is 27.3. The summed E-state index contributed by atoms with van der Waals surface area (Å²) in [6.45, 7) is 7.11. The Morgan fingerprint density at radius 3 is 2.71 bits per heavy atom. The highest BCUT2D eigenvalue weighted by atomic mass is 16.6. The van der Waals surface area contributed by atoms with E-state index in [0.717, 1.165) is 25.9 Å². The van der Waals surface area contributed by atoms with Gasteiger partial charge in [0, 0.05) is 18.0 Å². The fourth-order valence-corrected chi connectivity index (χ4v) is 4.11. The van der Waals surface area contributed by atoms with Crippen LogP contribution in [0, 0.1) is 11.8 Å². The fourth-order valence-electron chi connectivity index (χ4n) is 4.11. The monoisotopic (exact) mass is 337 g/mol. The molecule has 0 aromatic heterocycles. The number of allylic oxidation sites excluding steroid dienone is 1. The molecule has 0 amide bonds. The average Bonchev–Trinajstić information content (AvgIpc) is 3.12. The molecule has 134 valence electrons. The zero-order valence-corrected chi connectivity index (χ0v) is 14.7. The maximum atomic E-state index is 12.6. The van der Waals surface area contributed by atoms with Crippen LogP contribution in [0.25, 0.3) is 0 Å². The Hall–Kier alpha value is -1.40. The molecule has 3 fully saturated rings. The normalized spacial score (nSPS) is 42.9. The van der Waals surface area contributed by atoms with Crippen LogP contribution in [0.15, 0.2) is 11.6 Å². The lowest BCUT2D eigenvalue weighted by Crippen LogP contribution is -2.46. The summed E-state index contributed by atoms with van der Waals surface area (Å²) >= 11 is 0. The summed E-state index contributed by atoms with van der Waals surface area (Å²) in [5, 5.41) is 10.6. The van der Waals surface area contributed by atoms with Crippen molar-refractivity contribution in [1.82, 2.24) is 4.90 Å². The van der Waals surface area contributed by atoms with E-state index in [1.807, 2.05) is 0 Å². The molecule has 0 bridgehead atoms. The fraction of sp³-hybridized carbons (Fsp3) is 0.778. The predicted octanol–water partition coefficient (Wildman–Crippen LogP) is 1.27. The number of ether oxygens (including phenoxy) is 2. The van der Waals surface area contributed by atoms with Gasteiger partial charge in [0.25, 0.3) is 0 Å². The van der Waals surface area contributed by atoms with Crippen LogP contribution in [-0.4, -0.2) is 59.4 Å². The molecule has 6 heteroatoms. The highest BCUT2D eigenvalue weighted by molar-refractivity contribution is 5.89. The first-order valence-electron chi connectivity index (χ1n) is 8.84. The number of hydrogen-bond acceptors (Lipinski definition) is 6. The van der Waals surface area contributed by atoms with Crippen molar-refractivity contribution in [3.8, 4) is 0 Å². The number of nitrogens with zero attached hydrogens (tertiary/aromatic N) is 1. The second-order valence-electron chi connectivity index (χ2n) is 7.47. The third kappa shape index (κ3) is 2.97. The van der Waals surface area contributed by atoms with Gasteiger partial charge in [0.05, 0.1) is 12.6 Å². The third-order valence-corrected chi connectivity index (χ3v) is 5.97. The maximum absolute atomic E-state index is 12.6. The van der Waals surface area contributed by atoms with E-state index in [2.05, 4.69) is 4.90 Å². The van der Waals surface area contributed by atoms with Crippen LogP contribution in [0.1, 0.15) is 40.0 Å². The van der Waals surface area contributed by atoms with Gasteiger partial charge in [0.1, 0.15) is 6.10 Å². The Balaban J connectivity index is 1.89. The maximum Gasteiger partial charge on any atom is 0.338 e. The summed E-state index contributed by atoms with van der Waals surface area (Å²) in [6.07, 6.45) is 3.59. The SMILES string of the molecule is C/C=C1/C[C@@H](C)[C@@](C)(O)C(=O)OC[C@H]2CCN3CC[C@@H](OC1=O)[C@@H]23. The van der Waals surface area contributed by atoms with E-state index in [1.54, 1.807) is 19.9 Å². The van der Waals surface area contributed by atoms with Crippen LogP contribution < -0.4 is 0 Å². The second kappa shape index (κ2) is 6.48. The van der Waals surface area contributed by atoms with E-state index >= 15 is 0 Å². The van der Waals surface area contributed by atoms with Gasteiger partial charge in [0.15, 0.2) is 5.60 Å². The molecule has 6 nitrogen and oxygen atoms in total. The molecule has 5 atom stereocenters. The molecule has 3 heterocycles. The number of carbonyl (C=O) groups is 2. The lowest BCUT2D eigenvalue weighted by atomic mass is 9.85. The summed E-state index contributed by atoms with van der Waals surface area (Å²) in [5.41, 5.74) is -1.12. The minimum absolute atomic E-state index is 0.113. The second-order valence-corrected chi connectivity index (χ2v) is 7.47. The molecule has 0 saturated carbocycles. The largest absolute Gasteiger partial charge is 0.463 e. The Morgan fingerprint density at radius 2 is 2.00 bits per heavy atom. The number of cyclic esters (lactones) is 1. The number of rotatable bonds is 0. The quantitative estimate of drug-likeness (QED) is 0.530. The lowest BCUT2D eigenvalue weighted by Gasteiger charge is -2.32. The molecule has 1 N–H and O–H groups in total. The molecule has 3 aliphatic heterocycles. The minimum Gasteiger partial charge on any atom is -0.463 e. The molecule has 24 heavy (non-hydrogen) atoms. The van der Waals surface area contributed by atoms with Crippen molar-refractivity contribution in [2.24, 2.45) is 11.8 Å². The van der Waals surface area contributed by atoms with Crippen LogP contribution in [-0.2, 0) is 19.1 Å². The highest BCUT2D eigenvalue weighted by Crippen LogP contribution is 2.36. The zero-order valence-electron chi connectivity index (χ0n) is 14.7. The minimum atomic E-state index is -1.62. The number of aliphatic hydroxyl groups is 1. The summed E-state index contributed by atoms with van der Waals surface area (Å²) < 4.78 is 11.3. The molecular formula is C18H27NO5. The van der Waals surface area contributed by atoms with E-state index < -0.39 is 17.5 Å². The van der Waals surface area contributed by atoms with E-state index in [0.29, 0.717) is 5.57 Å². The van der Waals surface area contributed by atoms with Gasteiger partial charge in [0.2, 0.25) is 0 Å². The molecule has 0 spiro atoms. The molecule has 0 aliphatic carbocycles. The van der Waals surface area contributed by atoms with Crippen molar-refractivity contribution < 1.29 is 24.2 Å². The molecule has 3 rings (SSSR count). The molecule has 0 radical (unpaired) electrons. The van der Waals surface area contributed by atoms with Gasteiger partial charge < -0.3 is 14.6 Å². The van der Waals surface area contributed by atoms with Gasteiger partial charge in [-0.15, -0.1) is 0 Å². The van der Waals surface area contributed by atoms with Gasteiger partial charge in [-0.25, -0.2) is 9.59 Å². The molecule has 0 aromatic carbocycles. The number of carbonyl (C=O) groups excluding carboxylic acids is 2. The van der Waals surface area contributed by atoms with E-state index in [4.69, 9.17) is 9.47 Å². The van der Waals surface area contributed by atoms with Crippen molar-refractivity contribution in [1.29, 1.82) is 0 Å². The lowest BCUT2D eigenvalue weighted by molar-refractivity contribution is -0.172. The Morgan fingerprint density at radius 1 is 1.29 bits per heavy atom. The van der Waals surface area contributed by atoms with Crippen molar-refractivity contribution in [2.45, 2.75) is 57.8 Å². The average molecular weight is 337 g/mol. The van der Waals surface area contributed by atoms with Crippen molar-refractivity contribution in [3.63, 3.8) is 0 Å². The summed E-state index contributed by atoms with van der Waals surface area (Å²) in [6, 6.07) is 0.113. The molecule has 0 unspecified atom stereocenters. The Labute approximate surface area is 142 Å². The first-order chi connectivity index (χ1) is 11.3. The first kappa shape index (κ1) is 17.4. The van der Waals surface area contributed by atoms with Crippen molar-refractivity contribution in [3.05, 3.63) is 11.6 Å². The van der Waals surface area contributed by atoms with Gasteiger partial charge in [-0.2, -0.15) is 0 Å². The molecule has 3 saturated heterocycles. The smallest absolute Gasteiger partial charge is 0.338 e. The third-order valence-electron chi connectivity index (χ3n) is 5.97. The van der Waals surface area contributed by atoms with Crippen LogP contribution in [0.4, 0.5) is 0 Å². The van der Waals surface area contributed by atoms with Crippen LogP contribution >= 0.6 is 0 Å². The molecular weight excluding hydrogens is 310 g/mol. The van der Waals surface area contributed by atoms with E-state index in [9.17, 15) is 14.7 Å². The standard InChI is InChI=1S/C18H27NO5/c1-4-12-9-11(2)18(3,22)17(21)23-10-13-5-7-19-8-6-14(15(13)19)24-16(12)20/h4,11,13-15,22H,5-10H2,1-3H3/b12-4-/t11-,13-,14-,15-,18-/m1/s1. The van der Waals surface area contributed by atoms with E-state index in [-0.39, 0.29) is 37.1 Å². The predicted molar refractivity (Wildman–Crippen MR) is 87.1 cm³/mol. The topological polar surface area (TPSA) is 76.1 Å². The van der Waals surface area contributed by atoms with Crippen molar-refractivity contribution >= 4 is 11.9 Å². The van der Waals surface area contributed by atoms with Gasteiger partial charge >= 0.3 is 11.9 Å². The van der Waals surface area contributed by atoms with Crippen molar-refractivity contribution in [2.75, 3.05) is 19.7 Å². The highest BCUT2D eigenvalue weighted by Gasteiger charge is 2.48. The zero-order chi connectivity index (χ0) is 17.5. The summed E-state index contributed by atoms with van der Waals surface area (Å²) in [7, 11) is 0. The van der Waals surface area contributed by atoms with Crippen LogP contribution in [0.2, 0.25) is 0 Å².